The van der Waals surface area contributed by atoms with Gasteiger partial charge in [0.1, 0.15) is 0 Å². The molecule has 1 fully saturated rings. The molecule has 2 heterocycles. The molecule has 1 saturated heterocycles. The summed E-state index contributed by atoms with van der Waals surface area (Å²) in [5.74, 6) is 0.776. The minimum absolute atomic E-state index is 0.128. The third kappa shape index (κ3) is 4.44. The number of hydrogen-bond donors (Lipinski definition) is 1. The van der Waals surface area contributed by atoms with Crippen molar-refractivity contribution in [3.8, 4) is 0 Å². The van der Waals surface area contributed by atoms with Gasteiger partial charge in [-0.2, -0.15) is 0 Å². The molecule has 0 saturated carbocycles. The Labute approximate surface area is 130 Å². The van der Waals surface area contributed by atoms with E-state index in [1.54, 1.807) is 0 Å². The average Bonchev–Trinajstić information content (AvgIpc) is 2.39. The number of rotatable bonds is 3. The van der Waals surface area contributed by atoms with Crippen LogP contribution < -0.4 is 10.2 Å². The number of aryl methyl sites for hydroxylation is 1. The Morgan fingerprint density at radius 2 is 2.00 bits per heavy atom. The molecule has 0 spiro atoms. The summed E-state index contributed by atoms with van der Waals surface area (Å²) in [6.45, 7) is 15.5. The van der Waals surface area contributed by atoms with Crippen LogP contribution in [-0.2, 0) is 6.54 Å². The maximum atomic E-state index is 4.51. The van der Waals surface area contributed by atoms with Crippen molar-refractivity contribution in [1.82, 2.24) is 10.3 Å². The van der Waals surface area contributed by atoms with E-state index in [1.165, 1.54) is 24.1 Å². The van der Waals surface area contributed by atoms with Crippen molar-refractivity contribution in [2.45, 2.75) is 72.5 Å². The summed E-state index contributed by atoms with van der Waals surface area (Å²) in [6, 6.07) is 2.88. The molecule has 2 atom stereocenters. The monoisotopic (exact) mass is 289 g/mol. The lowest BCUT2D eigenvalue weighted by molar-refractivity contribution is 0.387. The maximum absolute atomic E-state index is 4.51. The zero-order valence-corrected chi connectivity index (χ0v) is 14.5. The molecule has 2 unspecified atom stereocenters. The van der Waals surface area contributed by atoms with Crippen LogP contribution >= 0.6 is 0 Å². The van der Waals surface area contributed by atoms with Crippen molar-refractivity contribution >= 4 is 5.69 Å². The normalized spacial score (nSPS) is 23.4. The third-order valence-electron chi connectivity index (χ3n) is 4.33. The lowest BCUT2D eigenvalue weighted by Gasteiger charge is -2.40. The van der Waals surface area contributed by atoms with E-state index in [0.717, 1.165) is 24.7 Å². The summed E-state index contributed by atoms with van der Waals surface area (Å²) < 4.78 is 0. The van der Waals surface area contributed by atoms with Gasteiger partial charge in [-0.3, -0.25) is 4.98 Å². The zero-order chi connectivity index (χ0) is 15.6. The van der Waals surface area contributed by atoms with E-state index in [9.17, 15) is 0 Å². The highest BCUT2D eigenvalue weighted by atomic mass is 15.2. The van der Waals surface area contributed by atoms with Gasteiger partial charge in [0.2, 0.25) is 0 Å². The molecule has 1 aromatic rings. The van der Waals surface area contributed by atoms with Crippen molar-refractivity contribution in [2.24, 2.45) is 5.92 Å². The minimum Gasteiger partial charge on any atom is -0.368 e. The molecule has 1 aliphatic rings. The van der Waals surface area contributed by atoms with Crippen molar-refractivity contribution in [1.29, 1.82) is 0 Å². The molecule has 0 bridgehead atoms. The van der Waals surface area contributed by atoms with Gasteiger partial charge in [-0.1, -0.05) is 6.92 Å². The number of nitrogens with one attached hydrogen (secondary N) is 1. The molecule has 0 radical (unpaired) electrons. The Morgan fingerprint density at radius 1 is 1.29 bits per heavy atom. The Hall–Kier alpha value is -1.09. The van der Waals surface area contributed by atoms with E-state index in [2.05, 4.69) is 69.0 Å². The fraction of sp³-hybridized carbons (Fsp3) is 0.722. The van der Waals surface area contributed by atoms with Crippen LogP contribution in [0.1, 0.15) is 58.7 Å². The van der Waals surface area contributed by atoms with Crippen LogP contribution in [0.3, 0.4) is 0 Å². The lowest BCUT2D eigenvalue weighted by Crippen LogP contribution is -2.42. The van der Waals surface area contributed by atoms with Crippen LogP contribution in [0.4, 0.5) is 5.69 Å². The topological polar surface area (TPSA) is 28.2 Å². The predicted octanol–water partition coefficient (Wildman–Crippen LogP) is 3.90. The molecule has 0 aromatic carbocycles. The van der Waals surface area contributed by atoms with Crippen LogP contribution in [-0.4, -0.2) is 23.1 Å². The fourth-order valence-corrected chi connectivity index (χ4v) is 2.96. The maximum Gasteiger partial charge on any atom is 0.0448 e. The number of anilines is 1. The summed E-state index contributed by atoms with van der Waals surface area (Å²) >= 11 is 0. The van der Waals surface area contributed by atoms with E-state index in [4.69, 9.17) is 0 Å². The van der Waals surface area contributed by atoms with Crippen molar-refractivity contribution in [3.63, 3.8) is 0 Å². The van der Waals surface area contributed by atoms with Crippen LogP contribution in [0.2, 0.25) is 0 Å². The Balaban J connectivity index is 2.25. The standard InChI is InChI=1S/C18H31N3/c1-13-7-8-15(3)21(12-13)17-9-14(2)19-10-16(17)11-20-18(4,5)6/h9-10,13,15,20H,7-8,11-12H2,1-6H3. The Kier molecular flexibility index (Phi) is 4.92. The van der Waals surface area contributed by atoms with E-state index in [0.29, 0.717) is 6.04 Å². The second kappa shape index (κ2) is 6.35. The van der Waals surface area contributed by atoms with Crippen molar-refractivity contribution in [3.05, 3.63) is 23.5 Å². The molecule has 1 aliphatic heterocycles. The van der Waals surface area contributed by atoms with Gasteiger partial charge < -0.3 is 10.2 Å². The smallest absolute Gasteiger partial charge is 0.0448 e. The predicted molar refractivity (Wildman–Crippen MR) is 90.8 cm³/mol. The quantitative estimate of drug-likeness (QED) is 0.914. The SMILES string of the molecule is Cc1cc(N2CC(C)CCC2C)c(CNC(C)(C)C)cn1. The van der Waals surface area contributed by atoms with Gasteiger partial charge in [0.05, 0.1) is 0 Å². The van der Waals surface area contributed by atoms with Gasteiger partial charge >= 0.3 is 0 Å². The first-order valence-corrected chi connectivity index (χ1v) is 8.23. The molecular weight excluding hydrogens is 258 g/mol. The first-order valence-electron chi connectivity index (χ1n) is 8.23. The average molecular weight is 289 g/mol. The van der Waals surface area contributed by atoms with Gasteiger partial charge in [-0.15, -0.1) is 0 Å². The Morgan fingerprint density at radius 3 is 2.67 bits per heavy atom. The third-order valence-corrected chi connectivity index (χ3v) is 4.33. The van der Waals surface area contributed by atoms with E-state index >= 15 is 0 Å². The van der Waals surface area contributed by atoms with Crippen LogP contribution in [0, 0.1) is 12.8 Å². The molecular formula is C18H31N3. The van der Waals surface area contributed by atoms with Crippen molar-refractivity contribution < 1.29 is 0 Å². The number of pyridine rings is 1. The summed E-state index contributed by atoms with van der Waals surface area (Å²) in [7, 11) is 0. The van der Waals surface area contributed by atoms with Crippen molar-refractivity contribution in [2.75, 3.05) is 11.4 Å². The lowest BCUT2D eigenvalue weighted by atomic mass is 9.94. The fourth-order valence-electron chi connectivity index (χ4n) is 2.96. The van der Waals surface area contributed by atoms with Crippen LogP contribution in [0.15, 0.2) is 12.3 Å². The van der Waals surface area contributed by atoms with Gasteiger partial charge in [-0.05, 0) is 59.4 Å². The van der Waals surface area contributed by atoms with Gasteiger partial charge in [0, 0.05) is 47.8 Å². The Bertz CT molecular complexity index is 476. The molecule has 118 valence electrons. The molecule has 3 heteroatoms. The first-order chi connectivity index (χ1) is 9.76. The minimum atomic E-state index is 0.128. The van der Waals surface area contributed by atoms with E-state index < -0.39 is 0 Å². The molecule has 3 nitrogen and oxygen atoms in total. The van der Waals surface area contributed by atoms with Gasteiger partial charge in [-0.25, -0.2) is 0 Å². The van der Waals surface area contributed by atoms with Gasteiger partial charge in [0.15, 0.2) is 0 Å². The molecule has 2 rings (SSSR count). The van der Waals surface area contributed by atoms with Gasteiger partial charge in [0.25, 0.3) is 0 Å². The summed E-state index contributed by atoms with van der Waals surface area (Å²) in [5.41, 5.74) is 3.92. The molecule has 1 N–H and O–H groups in total. The molecule has 0 aliphatic carbocycles. The number of hydrogen-bond acceptors (Lipinski definition) is 3. The number of aromatic nitrogens is 1. The number of nitrogens with zero attached hydrogens (tertiary/aromatic N) is 2. The molecule has 1 aromatic heterocycles. The zero-order valence-electron chi connectivity index (χ0n) is 14.5. The molecule has 0 amide bonds. The van der Waals surface area contributed by atoms with E-state index in [-0.39, 0.29) is 5.54 Å². The largest absolute Gasteiger partial charge is 0.368 e. The van der Waals surface area contributed by atoms with Crippen LogP contribution in [0.5, 0.6) is 0 Å². The summed E-state index contributed by atoms with van der Waals surface area (Å²) in [4.78, 5) is 7.10. The molecule has 21 heavy (non-hydrogen) atoms. The second-order valence-corrected chi connectivity index (χ2v) is 7.74. The summed E-state index contributed by atoms with van der Waals surface area (Å²) in [5, 5.41) is 3.60. The van der Waals surface area contributed by atoms with E-state index in [1.807, 2.05) is 0 Å². The number of piperidine rings is 1. The second-order valence-electron chi connectivity index (χ2n) is 7.74. The highest BCUT2D eigenvalue weighted by molar-refractivity contribution is 5.55. The first kappa shape index (κ1) is 16.3. The highest BCUT2D eigenvalue weighted by Crippen LogP contribution is 2.30. The summed E-state index contributed by atoms with van der Waals surface area (Å²) in [6.07, 6.45) is 4.68. The highest BCUT2D eigenvalue weighted by Gasteiger charge is 2.25. The van der Waals surface area contributed by atoms with Crippen LogP contribution in [0.25, 0.3) is 0 Å².